The Hall–Kier alpha value is -1.91. The topological polar surface area (TPSA) is 79.3 Å². The van der Waals surface area contributed by atoms with E-state index < -0.39 is 11.9 Å². The van der Waals surface area contributed by atoms with Crippen molar-refractivity contribution in [1.82, 2.24) is 10.3 Å². The van der Waals surface area contributed by atoms with Crippen LogP contribution in [0.2, 0.25) is 0 Å². The molecule has 1 aromatic heterocycles. The Morgan fingerprint density at radius 2 is 2.05 bits per heavy atom. The molecule has 1 amide bonds. The number of nitrogens with zero attached hydrogens (tertiary/aromatic N) is 1. The molecule has 1 aliphatic rings. The lowest BCUT2D eigenvalue weighted by atomic mass is 9.78. The Bertz CT molecular complexity index is 461. The fraction of sp³-hybridized carbons (Fsp3) is 0.533. The third-order valence-corrected chi connectivity index (χ3v) is 3.86. The van der Waals surface area contributed by atoms with E-state index in [1.54, 1.807) is 12.4 Å². The quantitative estimate of drug-likeness (QED) is 0.856. The molecule has 0 saturated heterocycles. The van der Waals surface area contributed by atoms with Crippen molar-refractivity contribution >= 4 is 11.9 Å². The molecule has 1 aliphatic carbocycles. The third-order valence-electron chi connectivity index (χ3n) is 3.86. The predicted octanol–water partition coefficient (Wildman–Crippen LogP) is 1.63. The number of carboxylic acid groups (broad SMARTS) is 1. The zero-order valence-electron chi connectivity index (χ0n) is 11.4. The Balaban J connectivity index is 1.83. The van der Waals surface area contributed by atoms with E-state index in [0.717, 1.165) is 18.4 Å². The second kappa shape index (κ2) is 7.03. The van der Waals surface area contributed by atoms with Gasteiger partial charge in [0.05, 0.1) is 11.8 Å². The standard InChI is InChI=1S/C15H20N2O3/c18-14(12-5-1-2-6-13(12)15(19)20)17-9-7-11-4-3-8-16-10-11/h3-4,8,10,12-13H,1-2,5-7,9H2,(H,17,18)(H,19,20)/t12-,13+/m1/s1. The van der Waals surface area contributed by atoms with E-state index in [2.05, 4.69) is 10.3 Å². The van der Waals surface area contributed by atoms with Crippen molar-refractivity contribution in [1.29, 1.82) is 0 Å². The van der Waals surface area contributed by atoms with Crippen LogP contribution in [0, 0.1) is 11.8 Å². The van der Waals surface area contributed by atoms with Gasteiger partial charge in [-0.1, -0.05) is 18.9 Å². The van der Waals surface area contributed by atoms with Gasteiger partial charge in [0.15, 0.2) is 0 Å². The highest BCUT2D eigenvalue weighted by Gasteiger charge is 2.35. The number of carbonyl (C=O) groups excluding carboxylic acids is 1. The first-order valence-electron chi connectivity index (χ1n) is 7.08. The van der Waals surface area contributed by atoms with E-state index in [1.165, 1.54) is 0 Å². The van der Waals surface area contributed by atoms with E-state index in [9.17, 15) is 14.7 Å². The maximum atomic E-state index is 12.1. The van der Waals surface area contributed by atoms with Crippen LogP contribution in [0.5, 0.6) is 0 Å². The molecule has 108 valence electrons. The van der Waals surface area contributed by atoms with E-state index in [4.69, 9.17) is 0 Å². The van der Waals surface area contributed by atoms with E-state index in [-0.39, 0.29) is 11.8 Å². The van der Waals surface area contributed by atoms with E-state index >= 15 is 0 Å². The van der Waals surface area contributed by atoms with Gasteiger partial charge in [0.2, 0.25) is 5.91 Å². The molecular weight excluding hydrogens is 256 g/mol. The molecule has 0 spiro atoms. The van der Waals surface area contributed by atoms with Gasteiger partial charge in [0.1, 0.15) is 0 Å². The van der Waals surface area contributed by atoms with Crippen molar-refractivity contribution in [2.45, 2.75) is 32.1 Å². The van der Waals surface area contributed by atoms with Gasteiger partial charge in [-0.3, -0.25) is 14.6 Å². The molecule has 2 N–H and O–H groups in total. The van der Waals surface area contributed by atoms with Gasteiger partial charge < -0.3 is 10.4 Å². The minimum atomic E-state index is -0.850. The maximum absolute atomic E-state index is 12.1. The second-order valence-corrected chi connectivity index (χ2v) is 5.24. The van der Waals surface area contributed by atoms with Crippen molar-refractivity contribution < 1.29 is 14.7 Å². The number of rotatable bonds is 5. The van der Waals surface area contributed by atoms with Crippen LogP contribution >= 0.6 is 0 Å². The maximum Gasteiger partial charge on any atom is 0.307 e. The van der Waals surface area contributed by atoms with Crippen LogP contribution < -0.4 is 5.32 Å². The first kappa shape index (κ1) is 14.5. The molecule has 2 atom stereocenters. The zero-order valence-corrected chi connectivity index (χ0v) is 11.4. The molecule has 1 aromatic rings. The number of carboxylic acids is 1. The molecule has 5 nitrogen and oxygen atoms in total. The van der Waals surface area contributed by atoms with Crippen molar-refractivity contribution in [3.8, 4) is 0 Å². The first-order chi connectivity index (χ1) is 9.68. The molecule has 0 radical (unpaired) electrons. The van der Waals surface area contributed by atoms with Gasteiger partial charge in [-0.05, 0) is 30.9 Å². The van der Waals surface area contributed by atoms with Gasteiger partial charge in [-0.25, -0.2) is 0 Å². The van der Waals surface area contributed by atoms with E-state index in [1.807, 2.05) is 12.1 Å². The molecule has 0 unspecified atom stereocenters. The molecule has 0 aromatic carbocycles. The monoisotopic (exact) mass is 276 g/mol. The molecule has 1 fully saturated rings. The molecule has 20 heavy (non-hydrogen) atoms. The van der Waals surface area contributed by atoms with Crippen LogP contribution in [0.3, 0.4) is 0 Å². The van der Waals surface area contributed by atoms with Crippen LogP contribution in [0.15, 0.2) is 24.5 Å². The number of carbonyl (C=O) groups is 2. The molecule has 1 heterocycles. The van der Waals surface area contributed by atoms with Crippen LogP contribution in [0.25, 0.3) is 0 Å². The molecule has 0 bridgehead atoms. The summed E-state index contributed by atoms with van der Waals surface area (Å²) in [6, 6.07) is 3.82. The Kier molecular flexibility index (Phi) is 5.09. The summed E-state index contributed by atoms with van der Waals surface area (Å²) >= 11 is 0. The van der Waals surface area contributed by atoms with E-state index in [0.29, 0.717) is 25.8 Å². The molecule has 5 heteroatoms. The number of nitrogens with one attached hydrogen (secondary N) is 1. The van der Waals surface area contributed by atoms with Gasteiger partial charge in [0, 0.05) is 18.9 Å². The third kappa shape index (κ3) is 3.79. The summed E-state index contributed by atoms with van der Waals surface area (Å²) in [6.07, 6.45) is 7.31. The van der Waals surface area contributed by atoms with Crippen molar-refractivity contribution in [3.63, 3.8) is 0 Å². The van der Waals surface area contributed by atoms with Gasteiger partial charge in [-0.15, -0.1) is 0 Å². The number of amides is 1. The number of pyridine rings is 1. The fourth-order valence-electron chi connectivity index (χ4n) is 2.75. The lowest BCUT2D eigenvalue weighted by Crippen LogP contribution is -2.40. The van der Waals surface area contributed by atoms with Crippen LogP contribution in [-0.4, -0.2) is 28.5 Å². The highest BCUT2D eigenvalue weighted by molar-refractivity contribution is 5.84. The SMILES string of the molecule is O=C(O)[C@H]1CCCC[C@H]1C(=O)NCCc1cccnc1. The minimum absolute atomic E-state index is 0.124. The van der Waals surface area contributed by atoms with Crippen LogP contribution in [-0.2, 0) is 16.0 Å². The van der Waals surface area contributed by atoms with Crippen molar-refractivity contribution in [2.24, 2.45) is 11.8 Å². The summed E-state index contributed by atoms with van der Waals surface area (Å²) < 4.78 is 0. The Morgan fingerprint density at radius 3 is 2.70 bits per heavy atom. The highest BCUT2D eigenvalue weighted by Crippen LogP contribution is 2.30. The summed E-state index contributed by atoms with van der Waals surface area (Å²) in [4.78, 5) is 27.3. The Morgan fingerprint density at radius 1 is 1.30 bits per heavy atom. The average molecular weight is 276 g/mol. The lowest BCUT2D eigenvalue weighted by Gasteiger charge is -2.27. The second-order valence-electron chi connectivity index (χ2n) is 5.24. The van der Waals surface area contributed by atoms with Crippen LogP contribution in [0.4, 0.5) is 0 Å². The number of aliphatic carboxylic acids is 1. The lowest BCUT2D eigenvalue weighted by molar-refractivity contribution is -0.148. The highest BCUT2D eigenvalue weighted by atomic mass is 16.4. The van der Waals surface area contributed by atoms with Gasteiger partial charge in [0.25, 0.3) is 0 Å². The first-order valence-corrected chi connectivity index (χ1v) is 7.08. The molecule has 2 rings (SSSR count). The van der Waals surface area contributed by atoms with Crippen molar-refractivity contribution in [2.75, 3.05) is 6.54 Å². The summed E-state index contributed by atoms with van der Waals surface area (Å²) in [7, 11) is 0. The zero-order chi connectivity index (χ0) is 14.4. The fourth-order valence-corrected chi connectivity index (χ4v) is 2.75. The van der Waals surface area contributed by atoms with Crippen LogP contribution in [0.1, 0.15) is 31.2 Å². The molecule has 1 saturated carbocycles. The number of hydrogen-bond acceptors (Lipinski definition) is 3. The van der Waals surface area contributed by atoms with Crippen molar-refractivity contribution in [3.05, 3.63) is 30.1 Å². The summed E-state index contributed by atoms with van der Waals surface area (Å²) in [6.45, 7) is 0.521. The largest absolute Gasteiger partial charge is 0.481 e. The Labute approximate surface area is 118 Å². The summed E-state index contributed by atoms with van der Waals surface area (Å²) in [5.41, 5.74) is 1.06. The number of aromatic nitrogens is 1. The summed E-state index contributed by atoms with van der Waals surface area (Å²) in [5.74, 6) is -1.88. The summed E-state index contributed by atoms with van der Waals surface area (Å²) in [5, 5.41) is 12.0. The molecular formula is C15H20N2O3. The molecule has 0 aliphatic heterocycles. The normalized spacial score (nSPS) is 22.2. The smallest absolute Gasteiger partial charge is 0.307 e. The van der Waals surface area contributed by atoms with Gasteiger partial charge in [-0.2, -0.15) is 0 Å². The van der Waals surface area contributed by atoms with Gasteiger partial charge >= 0.3 is 5.97 Å². The predicted molar refractivity (Wildman–Crippen MR) is 74.0 cm³/mol. The number of hydrogen-bond donors (Lipinski definition) is 2. The minimum Gasteiger partial charge on any atom is -0.481 e. The average Bonchev–Trinajstić information content (AvgIpc) is 2.48.